The molecule has 38 heavy (non-hydrogen) atoms. The van der Waals surface area contributed by atoms with Crippen molar-refractivity contribution < 1.29 is 37.9 Å². The van der Waals surface area contributed by atoms with Gasteiger partial charge in [-0.05, 0) is 54.4 Å². The van der Waals surface area contributed by atoms with Crippen molar-refractivity contribution in [1.29, 1.82) is 0 Å². The van der Waals surface area contributed by atoms with Crippen molar-refractivity contribution in [3.05, 3.63) is 0 Å². The zero-order valence-corrected chi connectivity index (χ0v) is 30.3. The topological polar surface area (TPSA) is 99.9 Å². The molecule has 0 aromatic rings. The van der Waals surface area contributed by atoms with Gasteiger partial charge in [-0.2, -0.15) is 0 Å². The number of unbranched alkanes of at least 4 members (excludes halogenated alkanes) is 4. The van der Waals surface area contributed by atoms with E-state index >= 15 is 0 Å². The van der Waals surface area contributed by atoms with Crippen LogP contribution in [0.1, 0.15) is 93.9 Å². The summed E-state index contributed by atoms with van der Waals surface area (Å²) in [6, 6.07) is -1.04. The molecule has 0 aliphatic carbocycles. The fourth-order valence-corrected chi connectivity index (χ4v) is 7.10. The second-order valence-corrected chi connectivity index (χ2v) is 12.0. The fraction of sp³-hybridized carbons (Fsp3) is 1.00. The molecule has 0 spiro atoms. The van der Waals surface area contributed by atoms with Crippen molar-refractivity contribution in [2.75, 3.05) is 52.9 Å². The van der Waals surface area contributed by atoms with Crippen molar-refractivity contribution in [2.24, 2.45) is 5.73 Å². The van der Waals surface area contributed by atoms with Gasteiger partial charge in [0.05, 0.1) is 20.5 Å². The van der Waals surface area contributed by atoms with Crippen LogP contribution in [0.25, 0.3) is 0 Å². The van der Waals surface area contributed by atoms with Gasteiger partial charge in [0.1, 0.15) is 6.04 Å². The lowest BCUT2D eigenvalue weighted by atomic mass is 9.94. The molecule has 0 aromatic heterocycles. The molecule has 0 bridgehead atoms. The Morgan fingerprint density at radius 3 is 1.00 bits per heavy atom. The SMILES string of the molecule is CCCCCOC([SiH3])(OCC)C(OCC)(OCC)C(N)C(OCC)(OCC)C([SiH3])(OCC)OCCCCC. The van der Waals surface area contributed by atoms with Crippen LogP contribution in [-0.4, -0.2) is 102 Å². The minimum atomic E-state index is -1.55. The number of hydrogen-bond donors (Lipinski definition) is 1. The van der Waals surface area contributed by atoms with Gasteiger partial charge in [-0.15, -0.1) is 0 Å². The largest absolute Gasteiger partial charge is 0.350 e. The van der Waals surface area contributed by atoms with Gasteiger partial charge < -0.3 is 43.6 Å². The van der Waals surface area contributed by atoms with Crippen molar-refractivity contribution in [3.63, 3.8) is 0 Å². The molecule has 0 amide bonds. The zero-order chi connectivity index (χ0) is 29.1. The molecule has 0 rings (SSSR count). The Balaban J connectivity index is 7.09. The number of hydrogen-bond acceptors (Lipinski definition) is 9. The van der Waals surface area contributed by atoms with E-state index in [2.05, 4.69) is 13.8 Å². The maximum Gasteiger partial charge on any atom is 0.239 e. The summed E-state index contributed by atoms with van der Waals surface area (Å²) >= 11 is 0. The zero-order valence-electron chi connectivity index (χ0n) is 26.3. The highest BCUT2D eigenvalue weighted by Gasteiger charge is 2.69. The van der Waals surface area contributed by atoms with E-state index in [0.29, 0.717) is 73.3 Å². The molecule has 0 radical (unpaired) electrons. The highest BCUT2D eigenvalue weighted by Crippen LogP contribution is 2.44. The third-order valence-corrected chi connectivity index (χ3v) is 9.16. The molecule has 0 saturated carbocycles. The van der Waals surface area contributed by atoms with Crippen LogP contribution in [0, 0.1) is 0 Å². The minimum absolute atomic E-state index is 0.317. The third kappa shape index (κ3) is 9.58. The van der Waals surface area contributed by atoms with Gasteiger partial charge in [-0.1, -0.05) is 39.5 Å². The molecule has 2 N–H and O–H groups in total. The Labute approximate surface area is 239 Å². The van der Waals surface area contributed by atoms with Crippen LogP contribution >= 0.6 is 0 Å². The van der Waals surface area contributed by atoms with E-state index in [1.807, 2.05) is 41.5 Å². The standard InChI is InChI=1S/C27H61NO8Si2/c1-9-17-19-21-35-26(37,33-15-7)24(29-11-3,30-12-4)23(28)25(31-13-5,32-14-6)27(38,34-16-8)36-22-20-18-10-2/h23H,9-22,28H2,1-8,37-38H3. The fourth-order valence-electron chi connectivity index (χ4n) is 4.91. The Bertz CT molecular complexity index is 531. The van der Waals surface area contributed by atoms with Crippen LogP contribution < -0.4 is 5.73 Å². The number of rotatable bonds is 26. The number of nitrogens with two attached hydrogens (primary N) is 1. The second kappa shape index (κ2) is 20.0. The molecule has 230 valence electrons. The maximum absolute atomic E-state index is 7.29. The first kappa shape index (κ1) is 38.1. The van der Waals surface area contributed by atoms with Gasteiger partial charge in [-0.25, -0.2) is 0 Å². The lowest BCUT2D eigenvalue weighted by molar-refractivity contribution is -0.442. The van der Waals surface area contributed by atoms with Gasteiger partial charge in [0, 0.05) is 52.9 Å². The van der Waals surface area contributed by atoms with Gasteiger partial charge in [0.2, 0.25) is 11.6 Å². The van der Waals surface area contributed by atoms with Crippen LogP contribution in [0.15, 0.2) is 0 Å². The summed E-state index contributed by atoms with van der Waals surface area (Å²) in [4.78, 5) is 0. The molecule has 0 heterocycles. The Kier molecular flexibility index (Phi) is 20.1. The Morgan fingerprint density at radius 1 is 0.474 bits per heavy atom. The van der Waals surface area contributed by atoms with Crippen LogP contribution in [0.3, 0.4) is 0 Å². The normalized spacial score (nSPS) is 17.0. The summed E-state index contributed by atoms with van der Waals surface area (Å²) in [6.07, 6.45) is 6.05. The van der Waals surface area contributed by atoms with Crippen LogP contribution in [0.2, 0.25) is 0 Å². The maximum atomic E-state index is 7.29. The average molecular weight is 584 g/mol. The molecule has 11 heteroatoms. The molecule has 0 aromatic carbocycles. The predicted molar refractivity (Wildman–Crippen MR) is 159 cm³/mol. The molecule has 2 atom stereocenters. The van der Waals surface area contributed by atoms with Crippen molar-refractivity contribution in [2.45, 2.75) is 122 Å². The Morgan fingerprint density at radius 2 is 0.763 bits per heavy atom. The molecule has 9 nitrogen and oxygen atoms in total. The highest BCUT2D eigenvalue weighted by atomic mass is 28.2. The van der Waals surface area contributed by atoms with E-state index in [-0.39, 0.29) is 0 Å². The molecule has 0 fully saturated rings. The van der Waals surface area contributed by atoms with Crippen LogP contribution in [0.4, 0.5) is 0 Å². The van der Waals surface area contributed by atoms with E-state index in [4.69, 9.17) is 43.6 Å². The van der Waals surface area contributed by atoms with Gasteiger partial charge in [-0.3, -0.25) is 0 Å². The third-order valence-electron chi connectivity index (χ3n) is 6.61. The van der Waals surface area contributed by atoms with Gasteiger partial charge in [0.15, 0.2) is 10.8 Å². The summed E-state index contributed by atoms with van der Waals surface area (Å²) < 4.78 is 51.8. The summed E-state index contributed by atoms with van der Waals surface area (Å²) in [6.45, 7) is 18.9. The summed E-state index contributed by atoms with van der Waals surface area (Å²) in [5, 5.41) is 0. The smallest absolute Gasteiger partial charge is 0.239 e. The van der Waals surface area contributed by atoms with Gasteiger partial charge >= 0.3 is 0 Å². The summed E-state index contributed by atoms with van der Waals surface area (Å²) in [7, 11) is 0.818. The molecule has 0 aliphatic heterocycles. The first-order valence-electron chi connectivity index (χ1n) is 15.0. The monoisotopic (exact) mass is 583 g/mol. The van der Waals surface area contributed by atoms with Crippen LogP contribution in [0.5, 0.6) is 0 Å². The lowest BCUT2D eigenvalue weighted by Crippen LogP contribution is -2.81. The van der Waals surface area contributed by atoms with Gasteiger partial charge in [0.25, 0.3) is 0 Å². The molecular weight excluding hydrogens is 522 g/mol. The molecule has 0 aliphatic rings. The minimum Gasteiger partial charge on any atom is -0.350 e. The first-order chi connectivity index (χ1) is 18.1. The van der Waals surface area contributed by atoms with E-state index in [0.717, 1.165) is 38.5 Å². The van der Waals surface area contributed by atoms with E-state index in [1.165, 1.54) is 0 Å². The first-order valence-corrected chi connectivity index (χ1v) is 17.0. The summed E-state index contributed by atoms with van der Waals surface area (Å²) in [5.74, 6) is -3.09. The molecule has 2 unspecified atom stereocenters. The second-order valence-electron chi connectivity index (χ2n) is 9.41. The van der Waals surface area contributed by atoms with Crippen LogP contribution in [-0.2, 0) is 37.9 Å². The predicted octanol–water partition coefficient (Wildman–Crippen LogP) is 2.38. The molecule has 0 saturated heterocycles. The van der Waals surface area contributed by atoms with Crippen molar-refractivity contribution in [1.82, 2.24) is 0 Å². The lowest BCUT2D eigenvalue weighted by Gasteiger charge is -2.57. The quantitative estimate of drug-likeness (QED) is 0.0935. The Hall–Kier alpha value is 0.0738. The number of ether oxygens (including phenoxy) is 8. The van der Waals surface area contributed by atoms with E-state index < -0.39 is 28.4 Å². The summed E-state index contributed by atoms with van der Waals surface area (Å²) in [5.41, 5.74) is 4.82. The van der Waals surface area contributed by atoms with Crippen molar-refractivity contribution in [3.8, 4) is 0 Å². The molecular formula is C27H61NO8Si2. The van der Waals surface area contributed by atoms with Crippen molar-refractivity contribution >= 4 is 20.5 Å². The van der Waals surface area contributed by atoms with E-state index in [1.54, 1.807) is 0 Å². The highest BCUT2D eigenvalue weighted by molar-refractivity contribution is 6.15. The average Bonchev–Trinajstić information content (AvgIpc) is 2.88. The van der Waals surface area contributed by atoms with E-state index in [9.17, 15) is 0 Å².